The van der Waals surface area contributed by atoms with Crippen LogP contribution in [0.5, 0.6) is 5.75 Å². The smallest absolute Gasteiger partial charge is 0.191 e. The molecule has 8 heteroatoms. The summed E-state index contributed by atoms with van der Waals surface area (Å²) in [5.41, 5.74) is 0.785. The molecule has 2 heterocycles. The van der Waals surface area contributed by atoms with E-state index < -0.39 is 6.10 Å². The fourth-order valence-corrected chi connectivity index (χ4v) is 3.46. The Morgan fingerprint density at radius 2 is 2.09 bits per heavy atom. The van der Waals surface area contributed by atoms with Crippen molar-refractivity contribution in [2.24, 2.45) is 4.99 Å². The van der Waals surface area contributed by atoms with E-state index in [9.17, 15) is 5.11 Å². The normalized spacial score (nSPS) is 17.5. The Bertz CT molecular complexity index is 792. The highest BCUT2D eigenvalue weighted by Crippen LogP contribution is 2.20. The van der Waals surface area contributed by atoms with Gasteiger partial charge in [0, 0.05) is 26.1 Å². The van der Waals surface area contributed by atoms with Gasteiger partial charge in [-0.05, 0) is 62.9 Å². The molecule has 0 saturated carbocycles. The van der Waals surface area contributed by atoms with Gasteiger partial charge >= 0.3 is 0 Å². The number of guanidine groups is 1. The second-order valence-corrected chi connectivity index (χ2v) is 8.07. The Kier molecular flexibility index (Phi) is 11.9. The Balaban J connectivity index is 0.00000363. The van der Waals surface area contributed by atoms with E-state index in [4.69, 9.17) is 13.9 Å². The quantitative estimate of drug-likeness (QED) is 0.232. The van der Waals surface area contributed by atoms with Crippen LogP contribution in [0.15, 0.2) is 52.1 Å². The lowest BCUT2D eigenvalue weighted by atomic mass is 10.1. The molecule has 1 aromatic carbocycles. The van der Waals surface area contributed by atoms with E-state index in [0.717, 1.165) is 42.9 Å². The maximum Gasteiger partial charge on any atom is 0.191 e. The van der Waals surface area contributed by atoms with E-state index in [-0.39, 0.29) is 42.7 Å². The molecule has 0 spiro atoms. The summed E-state index contributed by atoms with van der Waals surface area (Å²) in [6.07, 6.45) is 5.37. The van der Waals surface area contributed by atoms with E-state index in [0.29, 0.717) is 19.0 Å². The molecular formula is C24H36IN3O4. The SMILES string of the molecule is CC(C)Oc1cccc(C(O)CN=C(NCCc2ccco2)NCC2CCCCO2)c1.I. The monoisotopic (exact) mass is 557 g/mol. The summed E-state index contributed by atoms with van der Waals surface area (Å²) < 4.78 is 16.9. The van der Waals surface area contributed by atoms with Crippen LogP contribution in [0.2, 0.25) is 0 Å². The predicted octanol–water partition coefficient (Wildman–Crippen LogP) is 4.07. The van der Waals surface area contributed by atoms with Gasteiger partial charge in [-0.2, -0.15) is 0 Å². The van der Waals surface area contributed by atoms with Gasteiger partial charge in [-0.3, -0.25) is 4.99 Å². The molecule has 3 N–H and O–H groups in total. The molecule has 0 radical (unpaired) electrons. The van der Waals surface area contributed by atoms with Crippen molar-refractivity contribution in [1.82, 2.24) is 10.6 Å². The Hall–Kier alpha value is -1.78. The zero-order valence-corrected chi connectivity index (χ0v) is 21.3. The summed E-state index contributed by atoms with van der Waals surface area (Å²) in [5.74, 6) is 2.33. The molecule has 32 heavy (non-hydrogen) atoms. The number of rotatable bonds is 10. The first-order valence-corrected chi connectivity index (χ1v) is 11.2. The number of aliphatic hydroxyl groups is 1. The van der Waals surface area contributed by atoms with Crippen molar-refractivity contribution < 1.29 is 19.0 Å². The van der Waals surface area contributed by atoms with Crippen LogP contribution >= 0.6 is 24.0 Å². The van der Waals surface area contributed by atoms with Crippen LogP contribution in [-0.2, 0) is 11.2 Å². The summed E-state index contributed by atoms with van der Waals surface area (Å²) in [4.78, 5) is 4.61. The number of furan rings is 1. The summed E-state index contributed by atoms with van der Waals surface area (Å²) in [5, 5.41) is 17.4. The number of nitrogens with one attached hydrogen (secondary N) is 2. The fourth-order valence-electron chi connectivity index (χ4n) is 3.46. The third-order valence-electron chi connectivity index (χ3n) is 5.05. The Labute approximate surface area is 208 Å². The Morgan fingerprint density at radius 1 is 1.22 bits per heavy atom. The van der Waals surface area contributed by atoms with Gasteiger partial charge in [-0.15, -0.1) is 24.0 Å². The van der Waals surface area contributed by atoms with Gasteiger partial charge in [0.25, 0.3) is 0 Å². The average Bonchev–Trinajstić information content (AvgIpc) is 3.29. The highest BCUT2D eigenvalue weighted by Gasteiger charge is 2.15. The molecule has 0 amide bonds. The van der Waals surface area contributed by atoms with Gasteiger partial charge < -0.3 is 29.6 Å². The number of aliphatic hydroxyl groups excluding tert-OH is 1. The standard InChI is InChI=1S/C24H35N3O4.HI/c1-18(2)31-21-9-5-7-19(15-21)23(28)17-27-24(25-12-11-20-10-6-14-29-20)26-16-22-8-3-4-13-30-22;/h5-7,9-10,14-15,18,22-23,28H,3-4,8,11-13,16-17H2,1-2H3,(H2,25,26,27);1H. The number of hydrogen-bond acceptors (Lipinski definition) is 5. The number of nitrogens with zero attached hydrogens (tertiary/aromatic N) is 1. The minimum absolute atomic E-state index is 0. The van der Waals surface area contributed by atoms with Crippen LogP contribution in [0.3, 0.4) is 0 Å². The van der Waals surface area contributed by atoms with Crippen molar-refractivity contribution >= 4 is 29.9 Å². The van der Waals surface area contributed by atoms with Crippen molar-refractivity contribution in [3.8, 4) is 5.75 Å². The second-order valence-electron chi connectivity index (χ2n) is 8.07. The molecule has 2 unspecified atom stereocenters. The van der Waals surface area contributed by atoms with Gasteiger partial charge in [-0.25, -0.2) is 0 Å². The van der Waals surface area contributed by atoms with Gasteiger partial charge in [-0.1, -0.05) is 12.1 Å². The number of hydrogen-bond donors (Lipinski definition) is 3. The molecule has 0 aliphatic carbocycles. The third-order valence-corrected chi connectivity index (χ3v) is 5.05. The number of aliphatic imine (C=N–C) groups is 1. The van der Waals surface area contributed by atoms with Gasteiger partial charge in [0.05, 0.1) is 31.1 Å². The van der Waals surface area contributed by atoms with Crippen LogP contribution in [0.4, 0.5) is 0 Å². The zero-order valence-electron chi connectivity index (χ0n) is 19.0. The van der Waals surface area contributed by atoms with E-state index >= 15 is 0 Å². The van der Waals surface area contributed by atoms with E-state index in [1.54, 1.807) is 6.26 Å². The molecule has 1 saturated heterocycles. The predicted molar refractivity (Wildman–Crippen MR) is 137 cm³/mol. The van der Waals surface area contributed by atoms with E-state index in [1.165, 1.54) is 6.42 Å². The van der Waals surface area contributed by atoms with Gasteiger partial charge in [0.2, 0.25) is 0 Å². The molecule has 1 aliphatic heterocycles. The van der Waals surface area contributed by atoms with Gasteiger partial charge in [0.1, 0.15) is 11.5 Å². The molecular weight excluding hydrogens is 521 g/mol. The highest BCUT2D eigenvalue weighted by molar-refractivity contribution is 14.0. The zero-order chi connectivity index (χ0) is 21.9. The summed E-state index contributed by atoms with van der Waals surface area (Å²) >= 11 is 0. The first-order chi connectivity index (χ1) is 15.1. The number of benzene rings is 1. The lowest BCUT2D eigenvalue weighted by Crippen LogP contribution is -2.43. The molecule has 1 aliphatic rings. The highest BCUT2D eigenvalue weighted by atomic mass is 127. The molecule has 3 rings (SSSR count). The first-order valence-electron chi connectivity index (χ1n) is 11.2. The largest absolute Gasteiger partial charge is 0.491 e. The van der Waals surface area contributed by atoms with Crippen molar-refractivity contribution in [3.05, 3.63) is 54.0 Å². The molecule has 1 fully saturated rings. The lowest BCUT2D eigenvalue weighted by molar-refractivity contribution is 0.0194. The summed E-state index contributed by atoms with van der Waals surface area (Å²) in [6, 6.07) is 11.4. The van der Waals surface area contributed by atoms with Crippen LogP contribution in [0.25, 0.3) is 0 Å². The van der Waals surface area contributed by atoms with Crippen molar-refractivity contribution in [3.63, 3.8) is 0 Å². The number of ether oxygens (including phenoxy) is 2. The van der Waals surface area contributed by atoms with Crippen LogP contribution < -0.4 is 15.4 Å². The van der Waals surface area contributed by atoms with Crippen molar-refractivity contribution in [2.75, 3.05) is 26.2 Å². The van der Waals surface area contributed by atoms with Crippen LogP contribution in [-0.4, -0.2) is 49.5 Å². The van der Waals surface area contributed by atoms with E-state index in [2.05, 4.69) is 15.6 Å². The Morgan fingerprint density at radius 3 is 2.81 bits per heavy atom. The van der Waals surface area contributed by atoms with Crippen LogP contribution in [0, 0.1) is 0 Å². The number of halogens is 1. The first kappa shape index (κ1) is 26.5. The van der Waals surface area contributed by atoms with Crippen molar-refractivity contribution in [1.29, 1.82) is 0 Å². The minimum Gasteiger partial charge on any atom is -0.491 e. The van der Waals surface area contributed by atoms with Crippen LogP contribution in [0.1, 0.15) is 50.5 Å². The molecule has 2 aromatic rings. The molecule has 178 valence electrons. The summed E-state index contributed by atoms with van der Waals surface area (Å²) in [6.45, 7) is 6.40. The van der Waals surface area contributed by atoms with Gasteiger partial charge in [0.15, 0.2) is 5.96 Å². The third kappa shape index (κ3) is 9.38. The second kappa shape index (κ2) is 14.4. The minimum atomic E-state index is -0.717. The maximum atomic E-state index is 10.7. The van der Waals surface area contributed by atoms with Crippen molar-refractivity contribution in [2.45, 2.75) is 57.8 Å². The fraction of sp³-hybridized carbons (Fsp3) is 0.542. The molecule has 2 atom stereocenters. The topological polar surface area (TPSA) is 88.3 Å². The summed E-state index contributed by atoms with van der Waals surface area (Å²) in [7, 11) is 0. The average molecular weight is 557 g/mol. The van der Waals surface area contributed by atoms with E-state index in [1.807, 2.05) is 50.2 Å². The molecule has 1 aromatic heterocycles. The molecule has 0 bridgehead atoms. The molecule has 7 nitrogen and oxygen atoms in total. The lowest BCUT2D eigenvalue weighted by Gasteiger charge is -2.24. The maximum absolute atomic E-state index is 10.7.